The highest BCUT2D eigenvalue weighted by atomic mass is 35.5. The van der Waals surface area contributed by atoms with E-state index in [4.69, 9.17) is 22.1 Å². The molecule has 0 unspecified atom stereocenters. The number of halogens is 1. The molecule has 0 aliphatic rings. The second-order valence-electron chi connectivity index (χ2n) is 4.78. The zero-order valence-corrected chi connectivity index (χ0v) is 12.9. The van der Waals surface area contributed by atoms with Crippen LogP contribution in [-0.2, 0) is 11.3 Å². The molecule has 0 saturated heterocycles. The van der Waals surface area contributed by atoms with Gasteiger partial charge in [-0.25, -0.2) is 4.68 Å². The molecular weight excluding hydrogens is 290 g/mol. The maximum atomic E-state index is 6.20. The summed E-state index contributed by atoms with van der Waals surface area (Å²) in [5, 5.41) is 12.3. The molecule has 0 saturated carbocycles. The van der Waals surface area contributed by atoms with Gasteiger partial charge in [-0.15, -0.1) is 5.10 Å². The SMILES string of the molecule is CCCCOCCCn1nnnc1-c1ccc(N)cc1Cl. The number of tetrazole rings is 1. The summed E-state index contributed by atoms with van der Waals surface area (Å²) in [6, 6.07) is 5.31. The number of anilines is 1. The van der Waals surface area contributed by atoms with Gasteiger partial charge in [-0.1, -0.05) is 24.9 Å². The van der Waals surface area contributed by atoms with Crippen LogP contribution in [0.5, 0.6) is 0 Å². The molecular formula is C14H20ClN5O. The molecule has 0 aliphatic carbocycles. The van der Waals surface area contributed by atoms with Gasteiger partial charge in [0.25, 0.3) is 0 Å². The lowest BCUT2D eigenvalue weighted by Crippen LogP contribution is -2.07. The molecule has 1 aromatic heterocycles. The first-order valence-corrected chi connectivity index (χ1v) is 7.49. The number of ether oxygens (including phenoxy) is 1. The van der Waals surface area contributed by atoms with Crippen LogP contribution in [0.4, 0.5) is 5.69 Å². The predicted molar refractivity (Wildman–Crippen MR) is 83.0 cm³/mol. The normalized spacial score (nSPS) is 11.0. The Hall–Kier alpha value is -1.66. The van der Waals surface area contributed by atoms with E-state index >= 15 is 0 Å². The van der Waals surface area contributed by atoms with Gasteiger partial charge in [0, 0.05) is 31.0 Å². The van der Waals surface area contributed by atoms with Crippen molar-refractivity contribution in [2.75, 3.05) is 18.9 Å². The van der Waals surface area contributed by atoms with Crippen molar-refractivity contribution in [2.24, 2.45) is 0 Å². The Morgan fingerprint density at radius 2 is 2.10 bits per heavy atom. The Morgan fingerprint density at radius 3 is 2.86 bits per heavy atom. The minimum atomic E-state index is 0.547. The monoisotopic (exact) mass is 309 g/mol. The maximum Gasteiger partial charge on any atom is 0.183 e. The van der Waals surface area contributed by atoms with E-state index in [0.29, 0.717) is 29.7 Å². The van der Waals surface area contributed by atoms with E-state index in [-0.39, 0.29) is 0 Å². The van der Waals surface area contributed by atoms with Crippen molar-refractivity contribution < 1.29 is 4.74 Å². The van der Waals surface area contributed by atoms with Crippen molar-refractivity contribution in [3.8, 4) is 11.4 Å². The summed E-state index contributed by atoms with van der Waals surface area (Å²) in [7, 11) is 0. The highest BCUT2D eigenvalue weighted by Crippen LogP contribution is 2.27. The van der Waals surface area contributed by atoms with Crippen molar-refractivity contribution >= 4 is 17.3 Å². The average molecular weight is 310 g/mol. The molecule has 1 aromatic carbocycles. The van der Waals surface area contributed by atoms with Gasteiger partial charge in [0.1, 0.15) is 0 Å². The molecule has 0 amide bonds. The van der Waals surface area contributed by atoms with Gasteiger partial charge in [-0.3, -0.25) is 0 Å². The fourth-order valence-corrected chi connectivity index (χ4v) is 2.20. The molecule has 0 radical (unpaired) electrons. The highest BCUT2D eigenvalue weighted by Gasteiger charge is 2.12. The van der Waals surface area contributed by atoms with Gasteiger partial charge in [-0.2, -0.15) is 0 Å². The molecule has 21 heavy (non-hydrogen) atoms. The topological polar surface area (TPSA) is 78.8 Å². The molecule has 114 valence electrons. The van der Waals surface area contributed by atoms with E-state index in [0.717, 1.165) is 31.4 Å². The van der Waals surface area contributed by atoms with E-state index < -0.39 is 0 Å². The first-order chi connectivity index (χ1) is 10.2. The Morgan fingerprint density at radius 1 is 1.29 bits per heavy atom. The van der Waals surface area contributed by atoms with Crippen LogP contribution in [0.1, 0.15) is 26.2 Å². The van der Waals surface area contributed by atoms with Crippen molar-refractivity contribution in [3.63, 3.8) is 0 Å². The van der Waals surface area contributed by atoms with E-state index in [1.54, 1.807) is 16.8 Å². The summed E-state index contributed by atoms with van der Waals surface area (Å²) in [5.41, 5.74) is 7.10. The van der Waals surface area contributed by atoms with Crippen LogP contribution in [0.2, 0.25) is 5.02 Å². The van der Waals surface area contributed by atoms with Crippen LogP contribution >= 0.6 is 11.6 Å². The van der Waals surface area contributed by atoms with Gasteiger partial charge in [0.05, 0.1) is 5.02 Å². The molecule has 2 N–H and O–H groups in total. The fourth-order valence-electron chi connectivity index (χ4n) is 1.93. The summed E-state index contributed by atoms with van der Waals surface area (Å²) in [6.45, 7) is 4.35. The first-order valence-electron chi connectivity index (χ1n) is 7.11. The molecule has 0 aliphatic heterocycles. The van der Waals surface area contributed by atoms with Crippen LogP contribution in [-0.4, -0.2) is 33.4 Å². The van der Waals surface area contributed by atoms with Crippen LogP contribution in [0.15, 0.2) is 18.2 Å². The summed E-state index contributed by atoms with van der Waals surface area (Å²) < 4.78 is 7.27. The average Bonchev–Trinajstić information content (AvgIpc) is 2.91. The van der Waals surface area contributed by atoms with E-state index in [9.17, 15) is 0 Å². The summed E-state index contributed by atoms with van der Waals surface area (Å²) in [6.07, 6.45) is 3.10. The standard InChI is InChI=1S/C14H20ClN5O/c1-2-3-8-21-9-4-7-20-14(17-18-19-20)12-6-5-11(16)10-13(12)15/h5-6,10H,2-4,7-9,16H2,1H3. The minimum Gasteiger partial charge on any atom is -0.399 e. The lowest BCUT2D eigenvalue weighted by atomic mass is 10.2. The number of aryl methyl sites for hydroxylation is 1. The van der Waals surface area contributed by atoms with Gasteiger partial charge in [0.2, 0.25) is 0 Å². The van der Waals surface area contributed by atoms with E-state index in [1.165, 1.54) is 0 Å². The van der Waals surface area contributed by atoms with Gasteiger partial charge >= 0.3 is 0 Å². The lowest BCUT2D eigenvalue weighted by molar-refractivity contribution is 0.125. The number of nitrogen functional groups attached to an aromatic ring is 1. The van der Waals surface area contributed by atoms with Crippen LogP contribution < -0.4 is 5.73 Å². The zero-order valence-electron chi connectivity index (χ0n) is 12.1. The van der Waals surface area contributed by atoms with Crippen molar-refractivity contribution in [3.05, 3.63) is 23.2 Å². The molecule has 0 spiro atoms. The lowest BCUT2D eigenvalue weighted by Gasteiger charge is -2.07. The molecule has 1 heterocycles. The zero-order chi connectivity index (χ0) is 15.1. The Labute approximate surface area is 129 Å². The molecule has 6 nitrogen and oxygen atoms in total. The number of rotatable bonds is 8. The fraction of sp³-hybridized carbons (Fsp3) is 0.500. The molecule has 7 heteroatoms. The van der Waals surface area contributed by atoms with Gasteiger partial charge in [0.15, 0.2) is 5.82 Å². The molecule has 2 aromatic rings. The van der Waals surface area contributed by atoms with E-state index in [1.807, 2.05) is 6.07 Å². The summed E-state index contributed by atoms with van der Waals surface area (Å²) in [4.78, 5) is 0. The third-order valence-corrected chi connectivity index (χ3v) is 3.38. The molecule has 0 bridgehead atoms. The number of unbranched alkanes of at least 4 members (excludes halogenated alkanes) is 1. The largest absolute Gasteiger partial charge is 0.399 e. The maximum absolute atomic E-state index is 6.20. The van der Waals surface area contributed by atoms with Crippen molar-refractivity contribution in [1.29, 1.82) is 0 Å². The number of hydrogen-bond acceptors (Lipinski definition) is 5. The third-order valence-electron chi connectivity index (χ3n) is 3.07. The first kappa shape index (κ1) is 15.7. The van der Waals surface area contributed by atoms with Gasteiger partial charge < -0.3 is 10.5 Å². The van der Waals surface area contributed by atoms with Crippen molar-refractivity contribution in [1.82, 2.24) is 20.2 Å². The van der Waals surface area contributed by atoms with Gasteiger partial charge in [-0.05, 0) is 41.5 Å². The Kier molecular flexibility index (Phi) is 5.95. The summed E-state index contributed by atoms with van der Waals surface area (Å²) in [5.74, 6) is 0.647. The molecule has 0 fully saturated rings. The smallest absolute Gasteiger partial charge is 0.183 e. The van der Waals surface area contributed by atoms with Crippen LogP contribution in [0, 0.1) is 0 Å². The Bertz CT molecular complexity index is 572. The number of nitrogens with two attached hydrogens (primary N) is 1. The number of nitrogens with zero attached hydrogens (tertiary/aromatic N) is 4. The Balaban J connectivity index is 1.95. The molecule has 0 atom stereocenters. The predicted octanol–water partition coefficient (Wildman–Crippen LogP) is 2.78. The van der Waals surface area contributed by atoms with Crippen molar-refractivity contribution in [2.45, 2.75) is 32.7 Å². The van der Waals surface area contributed by atoms with E-state index in [2.05, 4.69) is 22.4 Å². The molecule has 2 rings (SSSR count). The quantitative estimate of drug-likeness (QED) is 0.599. The number of aromatic nitrogens is 4. The summed E-state index contributed by atoms with van der Waals surface area (Å²) >= 11 is 6.20. The van der Waals surface area contributed by atoms with Crippen LogP contribution in [0.25, 0.3) is 11.4 Å². The third kappa shape index (κ3) is 4.41. The second-order valence-corrected chi connectivity index (χ2v) is 5.19. The number of hydrogen-bond donors (Lipinski definition) is 1. The van der Waals surface area contributed by atoms with Crippen LogP contribution in [0.3, 0.4) is 0 Å². The number of benzene rings is 1. The second kappa shape index (κ2) is 7.95. The highest BCUT2D eigenvalue weighted by molar-refractivity contribution is 6.33. The minimum absolute atomic E-state index is 0.547.